The zero-order valence-corrected chi connectivity index (χ0v) is 21.1. The van der Waals surface area contributed by atoms with Crippen molar-refractivity contribution in [1.82, 2.24) is 0 Å². The number of hydrogen-bond donors (Lipinski definition) is 2. The maximum atomic E-state index is 11.2. The fourth-order valence-electron chi connectivity index (χ4n) is 2.76. The maximum Gasteiger partial charge on any atom is 0.294 e. The molecule has 0 spiro atoms. The highest BCUT2D eigenvalue weighted by atomic mass is 127. The third-order valence-electron chi connectivity index (χ3n) is 4.23. The Morgan fingerprint density at radius 3 is 1.53 bits per heavy atom. The Kier molecular flexibility index (Phi) is 7.04. The third-order valence-corrected chi connectivity index (χ3v) is 7.87. The summed E-state index contributed by atoms with van der Waals surface area (Å²) in [6, 6.07) is 20.9. The molecule has 0 aliphatic carbocycles. The van der Waals surface area contributed by atoms with E-state index in [1.54, 1.807) is 18.2 Å². The van der Waals surface area contributed by atoms with Gasteiger partial charge >= 0.3 is 0 Å². The molecule has 0 bridgehead atoms. The molecular weight excluding hydrogens is 652 g/mol. The normalized spacial score (nSPS) is 11.9. The Balaban J connectivity index is 0.000000171. The van der Waals surface area contributed by atoms with Gasteiger partial charge in [-0.1, -0.05) is 36.4 Å². The average molecular weight is 667 g/mol. The van der Waals surface area contributed by atoms with Crippen molar-refractivity contribution < 1.29 is 21.4 Å². The first-order valence-corrected chi connectivity index (χ1v) is 13.5. The number of hydrogen-bond acceptors (Lipinski definition) is 4. The van der Waals surface area contributed by atoms with Gasteiger partial charge in [0.1, 0.15) is 0 Å². The molecule has 3 N–H and O–H groups in total. The number of primary sulfonamides is 1. The van der Waals surface area contributed by atoms with Crippen molar-refractivity contribution in [2.45, 2.75) is 9.79 Å². The van der Waals surface area contributed by atoms with Crippen LogP contribution in [0.2, 0.25) is 0 Å². The van der Waals surface area contributed by atoms with Crippen LogP contribution < -0.4 is 5.14 Å². The van der Waals surface area contributed by atoms with E-state index in [9.17, 15) is 16.8 Å². The van der Waals surface area contributed by atoms with Gasteiger partial charge in [0, 0.05) is 7.14 Å². The summed E-state index contributed by atoms with van der Waals surface area (Å²) in [4.78, 5) is 0.0817. The van der Waals surface area contributed by atoms with Crippen LogP contribution in [0.4, 0.5) is 0 Å². The molecule has 0 unspecified atom stereocenters. The van der Waals surface area contributed by atoms with Crippen LogP contribution in [0.15, 0.2) is 82.6 Å². The van der Waals surface area contributed by atoms with Crippen LogP contribution in [-0.4, -0.2) is 21.4 Å². The van der Waals surface area contributed by atoms with Crippen molar-refractivity contribution in [3.05, 3.63) is 79.9 Å². The molecule has 30 heavy (non-hydrogen) atoms. The minimum absolute atomic E-state index is 0.0703. The van der Waals surface area contributed by atoms with Crippen LogP contribution in [0.5, 0.6) is 0 Å². The Bertz CT molecular complexity index is 1360. The molecule has 4 aromatic rings. The average Bonchev–Trinajstić information content (AvgIpc) is 2.67. The maximum absolute atomic E-state index is 11.2. The standard InChI is InChI=1S/C10H8INO2S.C10H7IO3S/c2*11-10-3-1-2-7-4-5-8(6-9(7)10)15(12,13)14/h1-6H,(H2,12,13,14);1-6H,(H,12,13,14). The lowest BCUT2D eigenvalue weighted by molar-refractivity contribution is 0.483. The van der Waals surface area contributed by atoms with E-state index in [-0.39, 0.29) is 9.79 Å². The summed E-state index contributed by atoms with van der Waals surface area (Å²) in [6.45, 7) is 0. The zero-order valence-electron chi connectivity index (χ0n) is 15.2. The van der Waals surface area contributed by atoms with Crippen LogP contribution in [-0.2, 0) is 20.1 Å². The molecule has 0 saturated carbocycles. The molecule has 0 atom stereocenters. The number of sulfonamides is 1. The summed E-state index contributed by atoms with van der Waals surface area (Å²) < 4.78 is 55.1. The van der Waals surface area contributed by atoms with Crippen LogP contribution in [0.1, 0.15) is 0 Å². The Labute approximate surface area is 201 Å². The highest BCUT2D eigenvalue weighted by molar-refractivity contribution is 14.1. The molecule has 0 radical (unpaired) electrons. The third kappa shape index (κ3) is 5.48. The monoisotopic (exact) mass is 667 g/mol. The highest BCUT2D eigenvalue weighted by Crippen LogP contribution is 2.24. The van der Waals surface area contributed by atoms with Gasteiger partial charge < -0.3 is 0 Å². The summed E-state index contributed by atoms with van der Waals surface area (Å²) in [5, 5.41) is 8.76. The fourth-order valence-corrected chi connectivity index (χ4v) is 5.16. The molecule has 0 aliphatic heterocycles. The summed E-state index contributed by atoms with van der Waals surface area (Å²) in [7, 11) is -7.73. The van der Waals surface area contributed by atoms with Gasteiger partial charge in [0.2, 0.25) is 10.0 Å². The Hall–Kier alpha value is -1.32. The van der Waals surface area contributed by atoms with Gasteiger partial charge in [-0.25, -0.2) is 13.6 Å². The second-order valence-electron chi connectivity index (χ2n) is 6.27. The van der Waals surface area contributed by atoms with Gasteiger partial charge in [-0.05, 0) is 103 Å². The van der Waals surface area contributed by atoms with Gasteiger partial charge in [0.05, 0.1) is 9.79 Å². The summed E-state index contributed by atoms with van der Waals surface area (Å²) >= 11 is 4.29. The van der Waals surface area contributed by atoms with Gasteiger partial charge in [-0.15, -0.1) is 0 Å². The topological polar surface area (TPSA) is 115 Å². The molecule has 0 aliphatic rings. The SMILES string of the molecule is NS(=O)(=O)c1ccc2cccc(I)c2c1.O=S(=O)(O)c1ccc2cccc(I)c2c1. The van der Waals surface area contributed by atoms with E-state index in [1.807, 2.05) is 36.4 Å². The highest BCUT2D eigenvalue weighted by Gasteiger charge is 2.10. The quantitative estimate of drug-likeness (QED) is 0.236. The van der Waals surface area contributed by atoms with Crippen molar-refractivity contribution in [2.24, 2.45) is 5.14 Å². The van der Waals surface area contributed by atoms with E-state index in [2.05, 4.69) is 45.2 Å². The molecule has 4 aromatic carbocycles. The largest absolute Gasteiger partial charge is 0.294 e. The van der Waals surface area contributed by atoms with Crippen LogP contribution in [0.3, 0.4) is 0 Å². The van der Waals surface area contributed by atoms with Gasteiger partial charge in [0.15, 0.2) is 0 Å². The fraction of sp³-hybridized carbons (Fsp3) is 0. The number of fused-ring (bicyclic) bond motifs is 2. The first-order chi connectivity index (χ1) is 14.0. The van der Waals surface area contributed by atoms with Crippen LogP contribution >= 0.6 is 45.2 Å². The van der Waals surface area contributed by atoms with E-state index in [4.69, 9.17) is 9.69 Å². The number of rotatable bonds is 2. The Morgan fingerprint density at radius 2 is 1.10 bits per heavy atom. The molecule has 156 valence electrons. The number of benzene rings is 4. The molecule has 0 fully saturated rings. The summed E-state index contributed by atoms with van der Waals surface area (Å²) in [5.74, 6) is 0. The van der Waals surface area contributed by atoms with E-state index in [0.717, 1.165) is 28.7 Å². The predicted octanol–water partition coefficient (Wildman–Crippen LogP) is 4.78. The number of halogens is 2. The van der Waals surface area contributed by atoms with Crippen molar-refractivity contribution in [2.75, 3.05) is 0 Å². The molecule has 0 amide bonds. The van der Waals surface area contributed by atoms with E-state index in [1.165, 1.54) is 18.2 Å². The van der Waals surface area contributed by atoms with Crippen molar-refractivity contribution in [3.63, 3.8) is 0 Å². The first-order valence-electron chi connectivity index (χ1n) is 8.34. The molecule has 6 nitrogen and oxygen atoms in total. The van der Waals surface area contributed by atoms with Crippen LogP contribution in [0, 0.1) is 7.14 Å². The zero-order chi connectivity index (χ0) is 22.1. The predicted molar refractivity (Wildman–Crippen MR) is 135 cm³/mol. The smallest absolute Gasteiger partial charge is 0.282 e. The second kappa shape index (κ2) is 9.04. The molecular formula is C20H15I2NO5S2. The van der Waals surface area contributed by atoms with Gasteiger partial charge in [-0.3, -0.25) is 4.55 Å². The molecule has 0 heterocycles. The molecule has 0 aromatic heterocycles. The molecule has 4 rings (SSSR count). The minimum atomic E-state index is -4.11. The second-order valence-corrected chi connectivity index (χ2v) is 11.6. The van der Waals surface area contributed by atoms with Crippen molar-refractivity contribution in [1.29, 1.82) is 0 Å². The van der Waals surface area contributed by atoms with Crippen molar-refractivity contribution in [3.8, 4) is 0 Å². The lowest BCUT2D eigenvalue weighted by Crippen LogP contribution is -2.11. The van der Waals surface area contributed by atoms with Gasteiger partial charge in [0.25, 0.3) is 10.1 Å². The summed E-state index contributed by atoms with van der Waals surface area (Å²) in [6.07, 6.45) is 0. The minimum Gasteiger partial charge on any atom is -0.282 e. The number of nitrogens with two attached hydrogens (primary N) is 1. The van der Waals surface area contributed by atoms with Crippen molar-refractivity contribution >= 4 is 86.9 Å². The van der Waals surface area contributed by atoms with E-state index >= 15 is 0 Å². The molecule has 0 saturated heterocycles. The van der Waals surface area contributed by atoms with E-state index < -0.39 is 20.1 Å². The van der Waals surface area contributed by atoms with Crippen LogP contribution in [0.25, 0.3) is 21.5 Å². The van der Waals surface area contributed by atoms with Gasteiger partial charge in [-0.2, -0.15) is 8.42 Å². The summed E-state index contributed by atoms with van der Waals surface area (Å²) in [5.41, 5.74) is 0. The van der Waals surface area contributed by atoms with E-state index in [0.29, 0.717) is 0 Å². The first kappa shape index (κ1) is 23.3. The Morgan fingerprint density at radius 1 is 0.667 bits per heavy atom. The lowest BCUT2D eigenvalue weighted by atomic mass is 10.1. The lowest BCUT2D eigenvalue weighted by Gasteiger charge is -2.03. The molecule has 10 heteroatoms.